The fraction of sp³-hybridized carbons (Fsp3) is 0.423. The van der Waals surface area contributed by atoms with Crippen LogP contribution in [0.4, 0.5) is 10.5 Å². The second-order valence-corrected chi connectivity index (χ2v) is 8.83. The molecule has 1 unspecified atom stereocenters. The summed E-state index contributed by atoms with van der Waals surface area (Å²) >= 11 is 0. The summed E-state index contributed by atoms with van der Waals surface area (Å²) in [4.78, 5) is 40.0. The van der Waals surface area contributed by atoms with E-state index in [-0.39, 0.29) is 35.0 Å². The number of rotatable bonds is 6. The fourth-order valence-corrected chi connectivity index (χ4v) is 4.38. The number of phenolic OH excluding ortho intramolecular Hbond substituents is 1. The molecule has 0 aliphatic carbocycles. The number of nitrogens with zero attached hydrogens (tertiary/aromatic N) is 1. The number of carbonyl (C=O) groups is 3. The molecular formula is C26H34N4O5. The molecule has 1 aliphatic heterocycles. The molecule has 9 nitrogen and oxygen atoms in total. The summed E-state index contributed by atoms with van der Waals surface area (Å²) in [5, 5.41) is 18.7. The summed E-state index contributed by atoms with van der Waals surface area (Å²) in [5.74, 6) is -0.475. The highest BCUT2D eigenvalue weighted by molar-refractivity contribution is 6.07. The molecule has 1 heterocycles. The number of amides is 4. The summed E-state index contributed by atoms with van der Waals surface area (Å²) in [6.07, 6.45) is 2.50. The molecule has 1 saturated heterocycles. The van der Waals surface area contributed by atoms with E-state index in [1.54, 1.807) is 11.0 Å². The van der Waals surface area contributed by atoms with Crippen LogP contribution in [0, 0.1) is 13.8 Å². The predicted octanol–water partition coefficient (Wildman–Crippen LogP) is 3.58. The molecule has 2 aromatic rings. The van der Waals surface area contributed by atoms with Gasteiger partial charge in [-0.1, -0.05) is 6.07 Å². The second-order valence-electron chi connectivity index (χ2n) is 8.83. The molecule has 4 N–H and O–H groups in total. The smallest absolute Gasteiger partial charge is 0.317 e. The number of carbonyl (C=O) groups excluding carboxylic acids is 3. The van der Waals surface area contributed by atoms with E-state index in [1.165, 1.54) is 25.3 Å². The minimum Gasteiger partial charge on any atom is -0.508 e. The minimum atomic E-state index is -0.410. The van der Waals surface area contributed by atoms with Gasteiger partial charge in [-0.25, -0.2) is 4.79 Å². The first-order chi connectivity index (χ1) is 16.7. The van der Waals surface area contributed by atoms with Crippen molar-refractivity contribution in [2.45, 2.75) is 46.1 Å². The largest absolute Gasteiger partial charge is 0.508 e. The van der Waals surface area contributed by atoms with Crippen LogP contribution in [0.15, 0.2) is 30.3 Å². The Labute approximate surface area is 205 Å². The lowest BCUT2D eigenvalue weighted by molar-refractivity contribution is 0.0926. The molecule has 0 aromatic heterocycles. The van der Waals surface area contributed by atoms with Crippen LogP contribution in [0.5, 0.6) is 11.5 Å². The minimum absolute atomic E-state index is 0.141. The third-order valence-corrected chi connectivity index (χ3v) is 5.93. The molecule has 0 bridgehead atoms. The van der Waals surface area contributed by atoms with Crippen LogP contribution in [0.25, 0.3) is 0 Å². The van der Waals surface area contributed by atoms with Gasteiger partial charge in [0.05, 0.1) is 12.7 Å². The number of nitrogens with one attached hydrogen (secondary N) is 3. The van der Waals surface area contributed by atoms with Gasteiger partial charge in [0.15, 0.2) is 0 Å². The molecule has 9 heteroatoms. The zero-order chi connectivity index (χ0) is 25.5. The van der Waals surface area contributed by atoms with E-state index in [1.807, 2.05) is 26.8 Å². The van der Waals surface area contributed by atoms with Gasteiger partial charge in [-0.05, 0) is 69.4 Å². The Bertz CT molecular complexity index is 1100. The van der Waals surface area contributed by atoms with Crippen molar-refractivity contribution in [3.05, 3.63) is 52.6 Å². The average molecular weight is 483 g/mol. The molecule has 2 aromatic carbocycles. The Morgan fingerprint density at radius 1 is 1.09 bits per heavy atom. The maximum atomic E-state index is 13.0. The first-order valence-corrected chi connectivity index (χ1v) is 11.9. The van der Waals surface area contributed by atoms with Crippen molar-refractivity contribution >= 4 is 23.5 Å². The SMILES string of the molecule is CCNC(=O)N1CCCCC(NC(=O)c2cc(O)cc(NC(=O)c3cc(C)cc(C)c3OC)c2)C1. The van der Waals surface area contributed by atoms with Crippen molar-refractivity contribution in [2.75, 3.05) is 32.1 Å². The van der Waals surface area contributed by atoms with Crippen LogP contribution >= 0.6 is 0 Å². The number of urea groups is 1. The van der Waals surface area contributed by atoms with Gasteiger partial charge < -0.3 is 30.7 Å². The lowest BCUT2D eigenvalue weighted by Crippen LogP contribution is -2.47. The number of benzene rings is 2. The number of hydrogen-bond donors (Lipinski definition) is 4. The van der Waals surface area contributed by atoms with Gasteiger partial charge in [-0.15, -0.1) is 0 Å². The summed E-state index contributed by atoms with van der Waals surface area (Å²) in [6.45, 7) is 7.21. The van der Waals surface area contributed by atoms with Crippen molar-refractivity contribution in [3.8, 4) is 11.5 Å². The summed E-state index contributed by atoms with van der Waals surface area (Å²) < 4.78 is 5.40. The quantitative estimate of drug-likeness (QED) is 0.502. The molecule has 0 spiro atoms. The first kappa shape index (κ1) is 25.9. The molecule has 0 saturated carbocycles. The molecule has 4 amide bonds. The highest BCUT2D eigenvalue weighted by Crippen LogP contribution is 2.27. The van der Waals surface area contributed by atoms with Crippen molar-refractivity contribution < 1.29 is 24.2 Å². The third kappa shape index (κ3) is 6.65. The second kappa shape index (κ2) is 11.6. The number of anilines is 1. The van der Waals surface area contributed by atoms with Crippen LogP contribution in [0.2, 0.25) is 0 Å². The van der Waals surface area contributed by atoms with E-state index in [9.17, 15) is 19.5 Å². The molecule has 188 valence electrons. The number of phenols is 1. The van der Waals surface area contributed by atoms with E-state index in [4.69, 9.17) is 4.74 Å². The van der Waals surface area contributed by atoms with E-state index in [0.29, 0.717) is 30.9 Å². The van der Waals surface area contributed by atoms with Gasteiger partial charge in [0.2, 0.25) is 0 Å². The zero-order valence-corrected chi connectivity index (χ0v) is 20.7. The molecule has 1 atom stereocenters. The van der Waals surface area contributed by atoms with E-state index < -0.39 is 5.91 Å². The maximum absolute atomic E-state index is 13.0. The van der Waals surface area contributed by atoms with Gasteiger partial charge in [-0.3, -0.25) is 9.59 Å². The standard InChI is InChI=1S/C26H34N4O5/c1-5-27-26(34)30-9-7-6-8-19(15-30)28-24(32)18-12-20(14-21(31)13-18)29-25(33)22-11-16(2)10-17(3)23(22)35-4/h10-14,19,31H,5-9,15H2,1-4H3,(H,27,34)(H,28,32)(H,29,33). The number of methoxy groups -OCH3 is 1. The third-order valence-electron chi connectivity index (χ3n) is 5.93. The summed E-state index contributed by atoms with van der Waals surface area (Å²) in [5.41, 5.74) is 2.60. The maximum Gasteiger partial charge on any atom is 0.317 e. The number of hydrogen-bond acceptors (Lipinski definition) is 5. The molecule has 3 rings (SSSR count). The number of likely N-dealkylation sites (tertiary alicyclic amines) is 1. The van der Waals surface area contributed by atoms with Crippen LogP contribution in [0.1, 0.15) is 58.0 Å². The Hall–Kier alpha value is -3.75. The topological polar surface area (TPSA) is 120 Å². The van der Waals surface area contributed by atoms with Crippen molar-refractivity contribution in [1.29, 1.82) is 0 Å². The van der Waals surface area contributed by atoms with Crippen molar-refractivity contribution in [3.63, 3.8) is 0 Å². The lowest BCUT2D eigenvalue weighted by Gasteiger charge is -2.25. The molecule has 0 radical (unpaired) electrons. The van der Waals surface area contributed by atoms with E-state index in [2.05, 4.69) is 16.0 Å². The van der Waals surface area contributed by atoms with E-state index in [0.717, 1.165) is 30.4 Å². The van der Waals surface area contributed by atoms with Crippen LogP contribution < -0.4 is 20.7 Å². The monoisotopic (exact) mass is 482 g/mol. The van der Waals surface area contributed by atoms with Gasteiger partial charge in [0.1, 0.15) is 11.5 Å². The first-order valence-electron chi connectivity index (χ1n) is 11.9. The van der Waals surface area contributed by atoms with Gasteiger partial charge >= 0.3 is 6.03 Å². The number of aryl methyl sites for hydroxylation is 2. The van der Waals surface area contributed by atoms with Crippen LogP contribution in [-0.2, 0) is 0 Å². The lowest BCUT2D eigenvalue weighted by atomic mass is 10.0. The molecule has 35 heavy (non-hydrogen) atoms. The number of aromatic hydroxyl groups is 1. The highest BCUT2D eigenvalue weighted by atomic mass is 16.5. The fourth-order valence-electron chi connectivity index (χ4n) is 4.38. The molecular weight excluding hydrogens is 448 g/mol. The average Bonchev–Trinajstić information content (AvgIpc) is 3.04. The Balaban J connectivity index is 1.75. The molecule has 1 fully saturated rings. The Morgan fingerprint density at radius 3 is 2.57 bits per heavy atom. The van der Waals surface area contributed by atoms with Gasteiger partial charge in [-0.2, -0.15) is 0 Å². The van der Waals surface area contributed by atoms with Gasteiger partial charge in [0.25, 0.3) is 11.8 Å². The van der Waals surface area contributed by atoms with Crippen LogP contribution in [-0.4, -0.2) is 60.6 Å². The van der Waals surface area contributed by atoms with Gasteiger partial charge in [0, 0.05) is 43.0 Å². The molecule has 1 aliphatic rings. The zero-order valence-electron chi connectivity index (χ0n) is 20.7. The Morgan fingerprint density at radius 2 is 1.86 bits per heavy atom. The van der Waals surface area contributed by atoms with Crippen molar-refractivity contribution in [1.82, 2.24) is 15.5 Å². The highest BCUT2D eigenvalue weighted by Gasteiger charge is 2.24. The number of ether oxygens (including phenoxy) is 1. The predicted molar refractivity (Wildman–Crippen MR) is 134 cm³/mol. The van der Waals surface area contributed by atoms with Crippen molar-refractivity contribution in [2.24, 2.45) is 0 Å². The summed E-state index contributed by atoms with van der Waals surface area (Å²) in [6, 6.07) is 7.54. The van der Waals surface area contributed by atoms with E-state index >= 15 is 0 Å². The summed E-state index contributed by atoms with van der Waals surface area (Å²) in [7, 11) is 1.51. The normalized spacial score (nSPS) is 15.7. The Kier molecular flexibility index (Phi) is 8.57. The van der Waals surface area contributed by atoms with Crippen LogP contribution in [0.3, 0.4) is 0 Å².